The average Bonchev–Trinajstić information content (AvgIpc) is 3.06. The molecule has 0 aliphatic heterocycles. The van der Waals surface area contributed by atoms with Crippen LogP contribution in [-0.4, -0.2) is 31.4 Å². The highest BCUT2D eigenvalue weighted by molar-refractivity contribution is 8.00. The number of amides is 1. The van der Waals surface area contributed by atoms with Gasteiger partial charge >= 0.3 is 0 Å². The Hall–Kier alpha value is -2.41. The predicted octanol–water partition coefficient (Wildman–Crippen LogP) is 4.09. The molecule has 3 aromatic rings. The van der Waals surface area contributed by atoms with Crippen LogP contribution in [0.5, 0.6) is 0 Å². The van der Waals surface area contributed by atoms with Crippen molar-refractivity contribution in [1.82, 2.24) is 25.1 Å². The Morgan fingerprint density at radius 1 is 1.11 bits per heavy atom. The van der Waals surface area contributed by atoms with Gasteiger partial charge in [0.2, 0.25) is 5.91 Å². The summed E-state index contributed by atoms with van der Waals surface area (Å²) in [6.45, 7) is 8.61. The molecule has 2 aromatic heterocycles. The van der Waals surface area contributed by atoms with Gasteiger partial charge in [-0.3, -0.25) is 9.48 Å². The fraction of sp³-hybridized carbons (Fsp3) is 0.429. The van der Waals surface area contributed by atoms with Crippen LogP contribution in [-0.2, 0) is 11.8 Å². The average molecular weight is 398 g/mol. The Kier molecular flexibility index (Phi) is 6.34. The molecule has 7 heteroatoms. The van der Waals surface area contributed by atoms with Gasteiger partial charge in [-0.15, -0.1) is 0 Å². The van der Waals surface area contributed by atoms with E-state index in [9.17, 15) is 4.79 Å². The van der Waals surface area contributed by atoms with Crippen LogP contribution in [0.2, 0.25) is 0 Å². The fourth-order valence-corrected chi connectivity index (χ4v) is 3.90. The third kappa shape index (κ3) is 4.52. The van der Waals surface area contributed by atoms with E-state index in [0.717, 1.165) is 21.6 Å². The van der Waals surface area contributed by atoms with E-state index in [4.69, 9.17) is 0 Å². The summed E-state index contributed by atoms with van der Waals surface area (Å²) < 4.78 is 1.71. The summed E-state index contributed by atoms with van der Waals surface area (Å²) in [4.78, 5) is 21.2. The number of rotatable bonds is 7. The molecule has 1 N–H and O–H groups in total. The van der Waals surface area contributed by atoms with Gasteiger partial charge in [0.25, 0.3) is 0 Å². The minimum atomic E-state index is -0.0156. The van der Waals surface area contributed by atoms with Crippen LogP contribution >= 0.6 is 11.8 Å². The number of hydrogen-bond donors (Lipinski definition) is 1. The summed E-state index contributed by atoms with van der Waals surface area (Å²) in [6, 6.07) is 8.53. The molecule has 1 unspecified atom stereocenters. The van der Waals surface area contributed by atoms with Crippen LogP contribution in [0.3, 0.4) is 0 Å². The van der Waals surface area contributed by atoms with E-state index in [2.05, 4.69) is 72.3 Å². The molecule has 0 fully saturated rings. The van der Waals surface area contributed by atoms with Crippen LogP contribution in [0.4, 0.5) is 0 Å². The Morgan fingerprint density at radius 2 is 1.79 bits per heavy atom. The number of nitrogens with one attached hydrogen (secondary N) is 1. The number of carbonyl (C=O) groups is 1. The first-order valence-electron chi connectivity index (χ1n) is 9.51. The number of nitrogens with zero attached hydrogens (tertiary/aromatic N) is 4. The number of carbonyl (C=O) groups excluding carboxylic acids is 1. The molecule has 0 saturated heterocycles. The molecule has 1 atom stereocenters. The zero-order chi connectivity index (χ0) is 20.3. The lowest BCUT2D eigenvalue weighted by molar-refractivity contribution is -0.119. The van der Waals surface area contributed by atoms with Gasteiger partial charge in [-0.05, 0) is 23.0 Å². The van der Waals surface area contributed by atoms with Crippen molar-refractivity contribution >= 4 is 28.7 Å². The number of hydrogen-bond acceptors (Lipinski definition) is 5. The van der Waals surface area contributed by atoms with Crippen molar-refractivity contribution < 1.29 is 4.79 Å². The third-order valence-electron chi connectivity index (χ3n) is 4.78. The van der Waals surface area contributed by atoms with Crippen molar-refractivity contribution in [2.75, 3.05) is 5.75 Å². The maximum absolute atomic E-state index is 12.6. The van der Waals surface area contributed by atoms with E-state index >= 15 is 0 Å². The predicted molar refractivity (Wildman–Crippen MR) is 113 cm³/mol. The third-order valence-corrected chi connectivity index (χ3v) is 5.78. The topological polar surface area (TPSA) is 72.7 Å². The fourth-order valence-electron chi connectivity index (χ4n) is 3.13. The number of benzene rings is 1. The maximum atomic E-state index is 12.6. The van der Waals surface area contributed by atoms with Crippen LogP contribution in [0.1, 0.15) is 50.8 Å². The summed E-state index contributed by atoms with van der Waals surface area (Å²) in [6.07, 6.45) is 3.25. The number of fused-ring (bicyclic) bond motifs is 1. The van der Waals surface area contributed by atoms with E-state index in [1.165, 1.54) is 23.7 Å². The van der Waals surface area contributed by atoms with Crippen LogP contribution in [0.15, 0.2) is 41.8 Å². The summed E-state index contributed by atoms with van der Waals surface area (Å²) in [5.74, 6) is 1.08. The molecule has 0 aliphatic rings. The SMILES string of the molecule is CC(C)c1ccc(C(NC(=O)CSc2ncnc3c2cnn3C)C(C)C)cc1. The number of aryl methyl sites for hydroxylation is 1. The van der Waals surface area contributed by atoms with Gasteiger partial charge in [0.1, 0.15) is 11.4 Å². The highest BCUT2D eigenvalue weighted by Gasteiger charge is 2.19. The standard InChI is InChI=1S/C21H27N5OS/c1-13(2)15-6-8-16(9-7-15)19(14(3)4)25-18(27)11-28-21-17-10-24-26(5)20(17)22-12-23-21/h6-10,12-14,19H,11H2,1-5H3,(H,25,27). The van der Waals surface area contributed by atoms with Crippen molar-refractivity contribution in [3.63, 3.8) is 0 Å². The van der Waals surface area contributed by atoms with E-state index in [1.54, 1.807) is 10.9 Å². The first kappa shape index (κ1) is 20.3. The molecular formula is C21H27N5OS. The van der Waals surface area contributed by atoms with Gasteiger partial charge in [-0.2, -0.15) is 5.10 Å². The second-order valence-corrected chi connectivity index (χ2v) is 8.55. The molecule has 0 bridgehead atoms. The lowest BCUT2D eigenvalue weighted by Gasteiger charge is -2.23. The molecular weight excluding hydrogens is 370 g/mol. The smallest absolute Gasteiger partial charge is 0.230 e. The molecule has 148 valence electrons. The van der Waals surface area contributed by atoms with Crippen molar-refractivity contribution in [1.29, 1.82) is 0 Å². The molecule has 0 saturated carbocycles. The van der Waals surface area contributed by atoms with E-state index in [1.807, 2.05) is 7.05 Å². The molecule has 2 heterocycles. The Morgan fingerprint density at radius 3 is 2.43 bits per heavy atom. The minimum Gasteiger partial charge on any atom is -0.348 e. The van der Waals surface area contributed by atoms with Crippen LogP contribution < -0.4 is 5.32 Å². The van der Waals surface area contributed by atoms with E-state index in [0.29, 0.717) is 17.6 Å². The monoisotopic (exact) mass is 397 g/mol. The number of aromatic nitrogens is 4. The zero-order valence-electron chi connectivity index (χ0n) is 17.0. The highest BCUT2D eigenvalue weighted by atomic mass is 32.2. The van der Waals surface area contributed by atoms with Crippen molar-refractivity contribution in [3.8, 4) is 0 Å². The second-order valence-electron chi connectivity index (χ2n) is 7.58. The Bertz CT molecular complexity index is 949. The highest BCUT2D eigenvalue weighted by Crippen LogP contribution is 2.26. The van der Waals surface area contributed by atoms with Crippen molar-refractivity contribution in [3.05, 3.63) is 47.9 Å². The minimum absolute atomic E-state index is 0.00714. The second kappa shape index (κ2) is 8.73. The molecule has 28 heavy (non-hydrogen) atoms. The zero-order valence-corrected chi connectivity index (χ0v) is 17.8. The van der Waals surface area contributed by atoms with Crippen LogP contribution in [0.25, 0.3) is 11.0 Å². The Labute approximate surface area is 170 Å². The van der Waals surface area contributed by atoms with Crippen molar-refractivity contribution in [2.24, 2.45) is 13.0 Å². The summed E-state index contributed by atoms with van der Waals surface area (Å²) in [5.41, 5.74) is 3.20. The maximum Gasteiger partial charge on any atom is 0.230 e. The lowest BCUT2D eigenvalue weighted by Crippen LogP contribution is -2.33. The summed E-state index contributed by atoms with van der Waals surface area (Å²) in [7, 11) is 1.84. The molecule has 0 radical (unpaired) electrons. The van der Waals surface area contributed by atoms with Gasteiger partial charge in [0.15, 0.2) is 5.65 Å². The first-order chi connectivity index (χ1) is 13.4. The normalized spacial score (nSPS) is 12.7. The quantitative estimate of drug-likeness (QED) is 0.480. The largest absolute Gasteiger partial charge is 0.348 e. The van der Waals surface area contributed by atoms with Gasteiger partial charge in [0.05, 0.1) is 23.4 Å². The van der Waals surface area contributed by atoms with E-state index in [-0.39, 0.29) is 11.9 Å². The summed E-state index contributed by atoms with van der Waals surface area (Å²) in [5, 5.41) is 9.04. The van der Waals surface area contributed by atoms with Gasteiger partial charge in [-0.1, -0.05) is 63.7 Å². The molecule has 0 spiro atoms. The lowest BCUT2D eigenvalue weighted by atomic mass is 9.93. The van der Waals surface area contributed by atoms with Gasteiger partial charge in [-0.25, -0.2) is 9.97 Å². The van der Waals surface area contributed by atoms with E-state index < -0.39 is 0 Å². The molecule has 6 nitrogen and oxygen atoms in total. The molecule has 0 aliphatic carbocycles. The Balaban J connectivity index is 1.67. The van der Waals surface area contributed by atoms with Gasteiger partial charge in [0, 0.05) is 7.05 Å². The first-order valence-corrected chi connectivity index (χ1v) is 10.5. The molecule has 3 rings (SSSR count). The number of thioether (sulfide) groups is 1. The van der Waals surface area contributed by atoms with Crippen LogP contribution in [0, 0.1) is 5.92 Å². The van der Waals surface area contributed by atoms with Crippen molar-refractivity contribution in [2.45, 2.75) is 44.7 Å². The molecule has 1 aromatic carbocycles. The molecule has 1 amide bonds. The van der Waals surface area contributed by atoms with Gasteiger partial charge < -0.3 is 5.32 Å². The summed E-state index contributed by atoms with van der Waals surface area (Å²) >= 11 is 1.41.